The SMILES string of the molecule is CCC(C)C(N)C(=O)NC(Cc1ccc(O)cc1)C(=O)NC(C)C(=O)NC(CO)C(=O)O. The van der Waals surface area contributed by atoms with Crippen molar-refractivity contribution in [3.05, 3.63) is 29.8 Å². The maximum atomic E-state index is 12.9. The number of benzene rings is 1. The first kappa shape index (κ1) is 26.9. The molecule has 1 rings (SSSR count). The lowest BCUT2D eigenvalue weighted by atomic mass is 9.98. The highest BCUT2D eigenvalue weighted by molar-refractivity contribution is 5.94. The summed E-state index contributed by atoms with van der Waals surface area (Å²) < 4.78 is 0. The molecule has 0 bridgehead atoms. The molecular formula is C21H32N4O7. The molecule has 0 saturated carbocycles. The number of carbonyl (C=O) groups is 4. The molecule has 0 heterocycles. The van der Waals surface area contributed by atoms with Crippen molar-refractivity contribution in [1.29, 1.82) is 0 Å². The molecule has 3 amide bonds. The number of amides is 3. The Kier molecular flexibility index (Phi) is 10.6. The van der Waals surface area contributed by atoms with Gasteiger partial charge in [0.2, 0.25) is 17.7 Å². The molecule has 178 valence electrons. The van der Waals surface area contributed by atoms with E-state index in [-0.39, 0.29) is 18.1 Å². The summed E-state index contributed by atoms with van der Waals surface area (Å²) in [5, 5.41) is 34.6. The van der Waals surface area contributed by atoms with Gasteiger partial charge in [-0.3, -0.25) is 14.4 Å². The number of carboxylic acids is 1. The molecule has 5 unspecified atom stereocenters. The third-order valence-electron chi connectivity index (χ3n) is 5.12. The van der Waals surface area contributed by atoms with Crippen LogP contribution in [-0.4, -0.2) is 69.8 Å². The number of nitrogens with two attached hydrogens (primary N) is 1. The molecule has 0 spiro atoms. The maximum absolute atomic E-state index is 12.9. The molecule has 32 heavy (non-hydrogen) atoms. The number of aliphatic carboxylic acids is 1. The molecule has 5 atom stereocenters. The van der Waals surface area contributed by atoms with Gasteiger partial charge in [0.05, 0.1) is 12.6 Å². The second-order valence-corrected chi connectivity index (χ2v) is 7.66. The number of aliphatic hydroxyl groups is 1. The monoisotopic (exact) mass is 452 g/mol. The van der Waals surface area contributed by atoms with E-state index in [0.717, 1.165) is 0 Å². The first-order valence-electron chi connectivity index (χ1n) is 10.3. The minimum Gasteiger partial charge on any atom is -0.508 e. The van der Waals surface area contributed by atoms with Crippen LogP contribution in [0, 0.1) is 5.92 Å². The van der Waals surface area contributed by atoms with E-state index in [0.29, 0.717) is 12.0 Å². The molecule has 0 aliphatic heterocycles. The van der Waals surface area contributed by atoms with Crippen molar-refractivity contribution in [3.8, 4) is 5.75 Å². The van der Waals surface area contributed by atoms with Crippen LogP contribution in [0.1, 0.15) is 32.8 Å². The van der Waals surface area contributed by atoms with E-state index < -0.39 is 54.5 Å². The topological polar surface area (TPSA) is 191 Å². The number of nitrogens with one attached hydrogen (secondary N) is 3. The first-order valence-corrected chi connectivity index (χ1v) is 10.3. The van der Waals surface area contributed by atoms with Crippen LogP contribution in [0.15, 0.2) is 24.3 Å². The van der Waals surface area contributed by atoms with E-state index in [1.165, 1.54) is 19.1 Å². The quantitative estimate of drug-likeness (QED) is 0.207. The number of carboxylic acid groups (broad SMARTS) is 1. The van der Waals surface area contributed by atoms with Crippen LogP contribution in [-0.2, 0) is 25.6 Å². The van der Waals surface area contributed by atoms with E-state index in [9.17, 15) is 24.3 Å². The van der Waals surface area contributed by atoms with Crippen LogP contribution in [0.3, 0.4) is 0 Å². The van der Waals surface area contributed by atoms with Gasteiger partial charge in [0.25, 0.3) is 0 Å². The summed E-state index contributed by atoms with van der Waals surface area (Å²) >= 11 is 0. The highest BCUT2D eigenvalue weighted by Crippen LogP contribution is 2.12. The summed E-state index contributed by atoms with van der Waals surface area (Å²) in [4.78, 5) is 48.6. The Bertz CT molecular complexity index is 800. The first-order chi connectivity index (χ1) is 15.0. The second kappa shape index (κ2) is 12.6. The van der Waals surface area contributed by atoms with Crippen LogP contribution in [0.4, 0.5) is 0 Å². The number of hydrogen-bond donors (Lipinski definition) is 7. The predicted molar refractivity (Wildman–Crippen MR) is 115 cm³/mol. The zero-order chi connectivity index (χ0) is 24.4. The molecule has 8 N–H and O–H groups in total. The summed E-state index contributed by atoms with van der Waals surface area (Å²) in [6.45, 7) is 4.23. The summed E-state index contributed by atoms with van der Waals surface area (Å²) in [5.41, 5.74) is 6.60. The third kappa shape index (κ3) is 8.16. The zero-order valence-corrected chi connectivity index (χ0v) is 18.4. The summed E-state index contributed by atoms with van der Waals surface area (Å²) in [6, 6.07) is 1.49. The lowest BCUT2D eigenvalue weighted by Gasteiger charge is -2.25. The summed E-state index contributed by atoms with van der Waals surface area (Å²) in [7, 11) is 0. The van der Waals surface area contributed by atoms with Gasteiger partial charge in [-0.25, -0.2) is 4.79 Å². The maximum Gasteiger partial charge on any atom is 0.328 e. The van der Waals surface area contributed by atoms with Gasteiger partial charge in [-0.15, -0.1) is 0 Å². The highest BCUT2D eigenvalue weighted by atomic mass is 16.4. The van der Waals surface area contributed by atoms with Gasteiger partial charge in [0.15, 0.2) is 0 Å². The van der Waals surface area contributed by atoms with Crippen molar-refractivity contribution in [2.75, 3.05) is 6.61 Å². The number of rotatable bonds is 12. The fourth-order valence-corrected chi connectivity index (χ4v) is 2.72. The average Bonchev–Trinajstić information content (AvgIpc) is 2.76. The number of hydrogen-bond acceptors (Lipinski definition) is 7. The van der Waals surface area contributed by atoms with E-state index in [1.807, 2.05) is 13.8 Å². The number of phenolic OH excluding ortho intramolecular Hbond substituents is 1. The van der Waals surface area contributed by atoms with Crippen LogP contribution in [0.2, 0.25) is 0 Å². The van der Waals surface area contributed by atoms with E-state index in [4.69, 9.17) is 15.9 Å². The van der Waals surface area contributed by atoms with E-state index in [2.05, 4.69) is 16.0 Å². The van der Waals surface area contributed by atoms with Crippen LogP contribution in [0.5, 0.6) is 5.75 Å². The molecule has 0 aliphatic rings. The Labute approximate surface area is 186 Å². The standard InChI is InChI=1S/C21H32N4O7/c1-4-11(2)17(22)20(30)24-15(9-13-5-7-14(27)8-6-13)19(29)23-12(3)18(28)25-16(10-26)21(31)32/h5-8,11-12,15-17,26-27H,4,9-10,22H2,1-3H3,(H,23,29)(H,24,30)(H,25,28)(H,31,32). The van der Waals surface area contributed by atoms with Crippen molar-refractivity contribution in [1.82, 2.24) is 16.0 Å². The average molecular weight is 453 g/mol. The fourth-order valence-electron chi connectivity index (χ4n) is 2.72. The van der Waals surface area contributed by atoms with E-state index in [1.54, 1.807) is 12.1 Å². The Hall–Kier alpha value is -3.18. The highest BCUT2D eigenvalue weighted by Gasteiger charge is 2.29. The molecular weight excluding hydrogens is 420 g/mol. The van der Waals surface area contributed by atoms with Gasteiger partial charge >= 0.3 is 5.97 Å². The molecule has 0 aromatic heterocycles. The molecule has 1 aromatic carbocycles. The molecule has 1 aromatic rings. The van der Waals surface area contributed by atoms with Crippen molar-refractivity contribution in [2.24, 2.45) is 11.7 Å². The van der Waals surface area contributed by atoms with Crippen LogP contribution < -0.4 is 21.7 Å². The van der Waals surface area contributed by atoms with Crippen LogP contribution in [0.25, 0.3) is 0 Å². The number of aromatic hydroxyl groups is 1. The largest absolute Gasteiger partial charge is 0.508 e. The van der Waals surface area contributed by atoms with Crippen molar-refractivity contribution in [3.63, 3.8) is 0 Å². The minimum absolute atomic E-state index is 0.0414. The number of phenols is 1. The van der Waals surface area contributed by atoms with E-state index >= 15 is 0 Å². The third-order valence-corrected chi connectivity index (χ3v) is 5.12. The van der Waals surface area contributed by atoms with Gasteiger partial charge in [0, 0.05) is 6.42 Å². The molecule has 0 radical (unpaired) electrons. The van der Waals surface area contributed by atoms with Crippen molar-refractivity contribution in [2.45, 2.75) is 57.8 Å². The Morgan fingerprint density at radius 2 is 1.50 bits per heavy atom. The molecule has 0 aliphatic carbocycles. The molecule has 11 nitrogen and oxygen atoms in total. The van der Waals surface area contributed by atoms with Gasteiger partial charge in [-0.05, 0) is 30.5 Å². The summed E-state index contributed by atoms with van der Waals surface area (Å²) in [6.07, 6.45) is 0.726. The Morgan fingerprint density at radius 3 is 2.00 bits per heavy atom. The molecule has 0 fully saturated rings. The lowest BCUT2D eigenvalue weighted by Crippen LogP contribution is -2.57. The number of carbonyl (C=O) groups excluding carboxylic acids is 3. The zero-order valence-electron chi connectivity index (χ0n) is 18.4. The Balaban J connectivity index is 2.95. The fraction of sp³-hybridized carbons (Fsp3) is 0.524. The normalized spacial score (nSPS) is 15.5. The second-order valence-electron chi connectivity index (χ2n) is 7.66. The minimum atomic E-state index is -1.51. The van der Waals surface area contributed by atoms with Crippen LogP contribution >= 0.6 is 0 Å². The Morgan fingerprint density at radius 1 is 0.938 bits per heavy atom. The smallest absolute Gasteiger partial charge is 0.328 e. The van der Waals surface area contributed by atoms with Gasteiger partial charge in [-0.1, -0.05) is 32.4 Å². The van der Waals surface area contributed by atoms with Gasteiger partial charge < -0.3 is 37.0 Å². The van der Waals surface area contributed by atoms with Gasteiger partial charge in [0.1, 0.15) is 23.9 Å². The predicted octanol–water partition coefficient (Wildman–Crippen LogP) is -1.14. The summed E-state index contributed by atoms with van der Waals surface area (Å²) in [5.74, 6) is -3.52. The molecule has 0 saturated heterocycles. The van der Waals surface area contributed by atoms with Gasteiger partial charge in [-0.2, -0.15) is 0 Å². The van der Waals surface area contributed by atoms with Crippen molar-refractivity contribution >= 4 is 23.7 Å². The lowest BCUT2D eigenvalue weighted by molar-refractivity contribution is -0.143. The number of aliphatic hydroxyl groups excluding tert-OH is 1. The van der Waals surface area contributed by atoms with Crippen molar-refractivity contribution < 1.29 is 34.5 Å². The molecule has 11 heteroatoms.